The van der Waals surface area contributed by atoms with E-state index in [1.165, 1.54) is 31.2 Å². The van der Waals surface area contributed by atoms with Gasteiger partial charge in [-0.1, -0.05) is 19.3 Å². The second-order valence-corrected chi connectivity index (χ2v) is 6.37. The van der Waals surface area contributed by atoms with Crippen LogP contribution in [0.4, 0.5) is 5.69 Å². The van der Waals surface area contributed by atoms with Gasteiger partial charge in [0.2, 0.25) is 0 Å². The molecule has 1 fully saturated rings. The van der Waals surface area contributed by atoms with Crippen molar-refractivity contribution in [3.8, 4) is 0 Å². The smallest absolute Gasteiger partial charge is 0.254 e. The van der Waals surface area contributed by atoms with Crippen LogP contribution >= 0.6 is 0 Å². The van der Waals surface area contributed by atoms with Crippen molar-refractivity contribution >= 4 is 30.5 Å². The van der Waals surface area contributed by atoms with Crippen molar-refractivity contribution in [1.29, 1.82) is 0 Å². The number of carbonyl (C=O) groups excluding carboxylic acids is 4. The van der Waals surface area contributed by atoms with Crippen molar-refractivity contribution < 1.29 is 19.2 Å². The van der Waals surface area contributed by atoms with E-state index in [2.05, 4.69) is 10.6 Å². The lowest BCUT2D eigenvalue weighted by Gasteiger charge is -2.24. The first kappa shape index (κ1) is 25.5. The van der Waals surface area contributed by atoms with Crippen LogP contribution in [0.3, 0.4) is 0 Å². The highest BCUT2D eigenvalue weighted by atomic mass is 16.2. The molecular weight excluding hydrogens is 358 g/mol. The Hall–Kier alpha value is -2.54. The Bertz CT molecular complexity index is 615. The molecule has 1 saturated carbocycles. The van der Waals surface area contributed by atoms with E-state index in [4.69, 9.17) is 0 Å². The molecule has 1 amide bonds. The van der Waals surface area contributed by atoms with E-state index >= 15 is 0 Å². The molecule has 2 rings (SSSR count). The summed E-state index contributed by atoms with van der Waals surface area (Å²) in [5.74, 6) is -0.423. The van der Waals surface area contributed by atoms with Gasteiger partial charge < -0.3 is 25.1 Å². The summed E-state index contributed by atoms with van der Waals surface area (Å²) >= 11 is 0. The summed E-state index contributed by atoms with van der Waals surface area (Å²) in [7, 11) is 5.24. The Morgan fingerprint density at radius 2 is 1.79 bits per heavy atom. The minimum absolute atomic E-state index is 0.195. The second-order valence-electron chi connectivity index (χ2n) is 6.37. The van der Waals surface area contributed by atoms with E-state index in [9.17, 15) is 19.2 Å². The third-order valence-electron chi connectivity index (χ3n) is 3.70. The minimum Gasteiger partial charge on any atom is -0.385 e. The fourth-order valence-electron chi connectivity index (χ4n) is 2.10. The average molecular weight is 392 g/mol. The van der Waals surface area contributed by atoms with Gasteiger partial charge in [-0.05, 0) is 45.6 Å². The van der Waals surface area contributed by atoms with Crippen molar-refractivity contribution in [3.05, 3.63) is 29.3 Å². The number of nitrogens with zero attached hydrogens (tertiary/aromatic N) is 1. The molecule has 0 radical (unpaired) electrons. The van der Waals surface area contributed by atoms with Gasteiger partial charge in [-0.2, -0.15) is 0 Å². The zero-order chi connectivity index (χ0) is 21.4. The molecule has 0 heterocycles. The number of rotatable bonds is 9. The lowest BCUT2D eigenvalue weighted by atomic mass is 10.0. The monoisotopic (exact) mass is 391 g/mol. The Labute approximate surface area is 167 Å². The van der Waals surface area contributed by atoms with Crippen LogP contribution in [0.2, 0.25) is 0 Å². The first-order valence-electron chi connectivity index (χ1n) is 9.58. The van der Waals surface area contributed by atoms with Crippen LogP contribution < -0.4 is 10.6 Å². The Morgan fingerprint density at radius 1 is 1.18 bits per heavy atom. The molecule has 0 saturated heterocycles. The van der Waals surface area contributed by atoms with Gasteiger partial charge in [0.15, 0.2) is 6.29 Å². The van der Waals surface area contributed by atoms with Crippen LogP contribution in [0, 0.1) is 0 Å². The van der Waals surface area contributed by atoms with E-state index < -0.39 is 11.9 Å². The third-order valence-corrected chi connectivity index (χ3v) is 3.70. The molecule has 0 bridgehead atoms. The molecular formula is C21H33N3O4. The fourth-order valence-corrected chi connectivity index (χ4v) is 2.10. The van der Waals surface area contributed by atoms with Gasteiger partial charge in [0.25, 0.3) is 5.91 Å². The number of anilines is 1. The van der Waals surface area contributed by atoms with Crippen molar-refractivity contribution in [2.75, 3.05) is 33.0 Å². The maximum absolute atomic E-state index is 12.5. The number of benzene rings is 1. The molecule has 1 aliphatic rings. The molecule has 0 aromatic heterocycles. The van der Waals surface area contributed by atoms with Gasteiger partial charge in [0.1, 0.15) is 12.6 Å². The van der Waals surface area contributed by atoms with Crippen LogP contribution in [0.25, 0.3) is 0 Å². The maximum Gasteiger partial charge on any atom is 0.254 e. The Balaban J connectivity index is 0.00000104. The molecule has 0 aliphatic heterocycles. The van der Waals surface area contributed by atoms with E-state index in [0.29, 0.717) is 25.4 Å². The highest BCUT2D eigenvalue weighted by molar-refractivity contribution is 6.02. The van der Waals surface area contributed by atoms with E-state index in [-0.39, 0.29) is 24.0 Å². The van der Waals surface area contributed by atoms with Crippen molar-refractivity contribution in [2.45, 2.75) is 45.1 Å². The summed E-state index contributed by atoms with van der Waals surface area (Å²) in [4.78, 5) is 46.4. The van der Waals surface area contributed by atoms with Crippen LogP contribution in [0.5, 0.6) is 0 Å². The molecule has 1 aromatic rings. The standard InChI is InChI=1S/C16H20N2O4.C3H6.C2H7N/c1-3-17-13-6-7-15(12(9-13)10-20)16(22)18(2)14(11-21)5-4-8-19;1-2-3-1;1-3-2/h6-11,14,17H,3-5H2,1-2H3;1-3H2;3H,1-2H3. The third kappa shape index (κ3) is 9.97. The van der Waals surface area contributed by atoms with Crippen molar-refractivity contribution in [3.63, 3.8) is 0 Å². The summed E-state index contributed by atoms with van der Waals surface area (Å²) in [6.45, 7) is 2.62. The molecule has 156 valence electrons. The minimum atomic E-state index is -0.689. The van der Waals surface area contributed by atoms with Gasteiger partial charge in [0, 0.05) is 31.3 Å². The zero-order valence-electron chi connectivity index (χ0n) is 17.4. The largest absolute Gasteiger partial charge is 0.385 e. The highest BCUT2D eigenvalue weighted by Gasteiger charge is 2.22. The number of amides is 1. The molecule has 1 aliphatic carbocycles. The van der Waals surface area contributed by atoms with Crippen molar-refractivity contribution in [1.82, 2.24) is 10.2 Å². The molecule has 2 N–H and O–H groups in total. The van der Waals surface area contributed by atoms with Gasteiger partial charge in [-0.15, -0.1) is 0 Å². The topological polar surface area (TPSA) is 95.6 Å². The summed E-state index contributed by atoms with van der Waals surface area (Å²) in [6, 6.07) is 4.17. The summed E-state index contributed by atoms with van der Waals surface area (Å²) < 4.78 is 0. The number of carbonyl (C=O) groups is 4. The van der Waals surface area contributed by atoms with Gasteiger partial charge >= 0.3 is 0 Å². The zero-order valence-corrected chi connectivity index (χ0v) is 17.4. The first-order chi connectivity index (χ1) is 13.5. The number of hydrogen-bond acceptors (Lipinski definition) is 6. The van der Waals surface area contributed by atoms with Gasteiger partial charge in [-0.25, -0.2) is 0 Å². The maximum atomic E-state index is 12.5. The number of nitrogens with one attached hydrogen (secondary N) is 2. The summed E-state index contributed by atoms with van der Waals surface area (Å²) in [6.07, 6.45) is 6.91. The Morgan fingerprint density at radius 3 is 2.21 bits per heavy atom. The fraction of sp³-hybridized carbons (Fsp3) is 0.524. The molecule has 28 heavy (non-hydrogen) atoms. The Kier molecular flexibility index (Phi) is 14.1. The number of aldehydes is 3. The van der Waals surface area contributed by atoms with E-state index in [1.807, 2.05) is 21.0 Å². The van der Waals surface area contributed by atoms with Gasteiger partial charge in [0.05, 0.1) is 11.6 Å². The average Bonchev–Trinajstić information content (AvgIpc) is 3.58. The van der Waals surface area contributed by atoms with Crippen molar-refractivity contribution in [2.24, 2.45) is 0 Å². The first-order valence-corrected chi connectivity index (χ1v) is 9.58. The predicted octanol–water partition coefficient (Wildman–Crippen LogP) is 2.56. The molecule has 0 spiro atoms. The summed E-state index contributed by atoms with van der Waals surface area (Å²) in [5, 5.41) is 5.81. The molecule has 7 heteroatoms. The normalized spacial score (nSPS) is 12.1. The molecule has 7 nitrogen and oxygen atoms in total. The lowest BCUT2D eigenvalue weighted by Crippen LogP contribution is -2.38. The van der Waals surface area contributed by atoms with Crippen LogP contribution in [0.1, 0.15) is 59.7 Å². The van der Waals surface area contributed by atoms with E-state index in [0.717, 1.165) is 5.69 Å². The van der Waals surface area contributed by atoms with Gasteiger partial charge in [-0.3, -0.25) is 9.59 Å². The molecule has 1 atom stereocenters. The second kappa shape index (κ2) is 15.5. The predicted molar refractivity (Wildman–Crippen MR) is 112 cm³/mol. The van der Waals surface area contributed by atoms with E-state index in [1.54, 1.807) is 18.2 Å². The van der Waals surface area contributed by atoms with Crippen LogP contribution in [-0.4, -0.2) is 63.4 Å². The SMILES string of the molecule is C1CC1.CCNc1ccc(C(=O)N(C)C(C=O)CCC=O)c(C=O)c1.CNC. The van der Waals surface area contributed by atoms with Crippen LogP contribution in [-0.2, 0) is 9.59 Å². The lowest BCUT2D eigenvalue weighted by molar-refractivity contribution is -0.112. The summed E-state index contributed by atoms with van der Waals surface area (Å²) in [5.41, 5.74) is 1.24. The number of hydrogen-bond donors (Lipinski definition) is 2. The van der Waals surface area contributed by atoms with Crippen LogP contribution in [0.15, 0.2) is 18.2 Å². The highest BCUT2D eigenvalue weighted by Crippen LogP contribution is 2.17. The quantitative estimate of drug-likeness (QED) is 0.628. The molecule has 1 unspecified atom stereocenters. The number of likely N-dealkylation sites (N-methyl/N-ethyl adjacent to an activating group) is 1. The molecule has 1 aromatic carbocycles.